The van der Waals surface area contributed by atoms with Crippen LogP contribution in [0.25, 0.3) is 11.0 Å². The number of nitrogens with zero attached hydrogens (tertiary/aromatic N) is 2. The van der Waals surface area contributed by atoms with Gasteiger partial charge < -0.3 is 14.6 Å². The third-order valence-corrected chi connectivity index (χ3v) is 4.06. The molecule has 0 aliphatic heterocycles. The Labute approximate surface area is 146 Å². The van der Waals surface area contributed by atoms with Crippen molar-refractivity contribution in [2.45, 2.75) is 19.5 Å². The van der Waals surface area contributed by atoms with E-state index in [1.54, 1.807) is 25.3 Å². The lowest BCUT2D eigenvalue weighted by molar-refractivity contribution is 0.0937. The number of fused-ring (bicyclic) bond motifs is 1. The quantitative estimate of drug-likeness (QED) is 0.699. The first-order chi connectivity index (χ1) is 12.1. The molecule has 3 rings (SSSR count). The zero-order valence-electron chi connectivity index (χ0n) is 14.4. The van der Waals surface area contributed by atoms with Crippen molar-refractivity contribution in [3.05, 3.63) is 72.6 Å². The van der Waals surface area contributed by atoms with Gasteiger partial charge in [0.1, 0.15) is 11.6 Å². The zero-order valence-corrected chi connectivity index (χ0v) is 14.4. The lowest BCUT2D eigenvalue weighted by Crippen LogP contribution is -2.28. The second-order valence-electron chi connectivity index (χ2n) is 5.79. The average Bonchev–Trinajstić information content (AvgIpc) is 3.01. The summed E-state index contributed by atoms with van der Waals surface area (Å²) in [5.41, 5.74) is 2.49. The van der Waals surface area contributed by atoms with Crippen LogP contribution in [0, 0.1) is 0 Å². The summed E-state index contributed by atoms with van der Waals surface area (Å²) in [6, 6.07) is 14.8. The molecule has 1 heterocycles. The second-order valence-corrected chi connectivity index (χ2v) is 5.79. The van der Waals surface area contributed by atoms with E-state index < -0.39 is 0 Å². The SMILES string of the molecule is C=CCn1c(C(C)NC(=O)c2cccc(OC)c2)nc2ccccc21. The smallest absolute Gasteiger partial charge is 0.251 e. The van der Waals surface area contributed by atoms with Gasteiger partial charge in [0.2, 0.25) is 0 Å². The van der Waals surface area contributed by atoms with Crippen LogP contribution < -0.4 is 10.1 Å². The molecule has 1 atom stereocenters. The van der Waals surface area contributed by atoms with Gasteiger partial charge in [-0.25, -0.2) is 4.98 Å². The summed E-state index contributed by atoms with van der Waals surface area (Å²) in [5.74, 6) is 1.29. The van der Waals surface area contributed by atoms with Gasteiger partial charge in [-0.2, -0.15) is 0 Å². The van der Waals surface area contributed by atoms with Gasteiger partial charge in [-0.15, -0.1) is 6.58 Å². The van der Waals surface area contributed by atoms with E-state index in [2.05, 4.69) is 21.4 Å². The molecule has 0 aliphatic carbocycles. The Bertz CT molecular complexity index is 914. The Morgan fingerprint density at radius 1 is 1.32 bits per heavy atom. The maximum absolute atomic E-state index is 12.6. The largest absolute Gasteiger partial charge is 0.497 e. The van der Waals surface area contributed by atoms with Gasteiger partial charge >= 0.3 is 0 Å². The first-order valence-electron chi connectivity index (χ1n) is 8.15. The average molecular weight is 335 g/mol. The molecule has 0 fully saturated rings. The van der Waals surface area contributed by atoms with Crippen molar-refractivity contribution in [2.24, 2.45) is 0 Å². The number of ether oxygens (including phenoxy) is 1. The third-order valence-electron chi connectivity index (χ3n) is 4.06. The van der Waals surface area contributed by atoms with E-state index in [0.29, 0.717) is 17.9 Å². The molecule has 1 amide bonds. The molecule has 0 radical (unpaired) electrons. The summed E-state index contributed by atoms with van der Waals surface area (Å²) in [4.78, 5) is 17.2. The summed E-state index contributed by atoms with van der Waals surface area (Å²) in [7, 11) is 1.58. The number of hydrogen-bond acceptors (Lipinski definition) is 3. The van der Waals surface area contributed by atoms with Crippen molar-refractivity contribution in [1.82, 2.24) is 14.9 Å². The molecular weight excluding hydrogens is 314 g/mol. The van der Waals surface area contributed by atoms with E-state index in [0.717, 1.165) is 16.9 Å². The monoisotopic (exact) mass is 335 g/mol. The zero-order chi connectivity index (χ0) is 17.8. The molecular formula is C20H21N3O2. The van der Waals surface area contributed by atoms with Crippen LogP contribution in [-0.4, -0.2) is 22.6 Å². The van der Waals surface area contributed by atoms with Gasteiger partial charge in [-0.3, -0.25) is 4.79 Å². The Kier molecular flexibility index (Phi) is 4.84. The summed E-state index contributed by atoms with van der Waals surface area (Å²) in [6.45, 7) is 6.38. The van der Waals surface area contributed by atoms with E-state index in [1.807, 2.05) is 43.3 Å². The molecule has 0 aliphatic rings. The van der Waals surface area contributed by atoms with Gasteiger partial charge in [0.25, 0.3) is 5.91 Å². The standard InChI is InChI=1S/C20H21N3O2/c1-4-12-23-18-11-6-5-10-17(18)22-19(23)14(2)21-20(24)15-8-7-9-16(13-15)25-3/h4-11,13-14H,1,12H2,2-3H3,(H,21,24). The number of benzene rings is 2. The predicted octanol–water partition coefficient (Wildman–Crippen LogP) is 3.72. The van der Waals surface area contributed by atoms with Crippen molar-refractivity contribution >= 4 is 16.9 Å². The van der Waals surface area contributed by atoms with Crippen LogP contribution in [0.1, 0.15) is 29.1 Å². The normalized spacial score (nSPS) is 11.9. The van der Waals surface area contributed by atoms with E-state index in [9.17, 15) is 4.79 Å². The molecule has 2 aromatic carbocycles. The maximum Gasteiger partial charge on any atom is 0.251 e. The number of hydrogen-bond donors (Lipinski definition) is 1. The molecule has 1 N–H and O–H groups in total. The van der Waals surface area contributed by atoms with Crippen LogP contribution >= 0.6 is 0 Å². The minimum atomic E-state index is -0.244. The van der Waals surface area contributed by atoms with Crippen LogP contribution in [0.3, 0.4) is 0 Å². The predicted molar refractivity (Wildman–Crippen MR) is 98.8 cm³/mol. The second kappa shape index (κ2) is 7.21. The molecule has 0 bridgehead atoms. The summed E-state index contributed by atoms with van der Waals surface area (Å²) in [6.07, 6.45) is 1.83. The van der Waals surface area contributed by atoms with Crippen molar-refractivity contribution in [3.8, 4) is 5.75 Å². The number of para-hydroxylation sites is 2. The number of rotatable bonds is 6. The van der Waals surface area contributed by atoms with Crippen molar-refractivity contribution < 1.29 is 9.53 Å². The number of allylic oxidation sites excluding steroid dienone is 1. The van der Waals surface area contributed by atoms with E-state index in [-0.39, 0.29) is 11.9 Å². The van der Waals surface area contributed by atoms with Crippen LogP contribution in [-0.2, 0) is 6.54 Å². The highest BCUT2D eigenvalue weighted by molar-refractivity contribution is 5.94. The Morgan fingerprint density at radius 3 is 2.88 bits per heavy atom. The van der Waals surface area contributed by atoms with Gasteiger partial charge in [-0.05, 0) is 37.3 Å². The summed E-state index contributed by atoms with van der Waals surface area (Å²) >= 11 is 0. The fourth-order valence-corrected chi connectivity index (χ4v) is 2.85. The van der Waals surface area contributed by atoms with Crippen LogP contribution in [0.15, 0.2) is 61.2 Å². The minimum Gasteiger partial charge on any atom is -0.497 e. The van der Waals surface area contributed by atoms with Crippen LogP contribution in [0.4, 0.5) is 0 Å². The highest BCUT2D eigenvalue weighted by atomic mass is 16.5. The van der Waals surface area contributed by atoms with Crippen molar-refractivity contribution in [2.75, 3.05) is 7.11 Å². The number of aromatic nitrogens is 2. The first kappa shape index (κ1) is 16.8. The number of imidazole rings is 1. The van der Waals surface area contributed by atoms with Gasteiger partial charge in [0, 0.05) is 12.1 Å². The van der Waals surface area contributed by atoms with Crippen molar-refractivity contribution in [1.29, 1.82) is 0 Å². The molecule has 5 heteroatoms. The van der Waals surface area contributed by atoms with E-state index in [1.165, 1.54) is 0 Å². The molecule has 25 heavy (non-hydrogen) atoms. The highest BCUT2D eigenvalue weighted by Gasteiger charge is 2.18. The lowest BCUT2D eigenvalue weighted by atomic mass is 10.2. The Hall–Kier alpha value is -3.08. The topological polar surface area (TPSA) is 56.2 Å². The van der Waals surface area contributed by atoms with Crippen LogP contribution in [0.2, 0.25) is 0 Å². The molecule has 1 unspecified atom stereocenters. The fraction of sp³-hybridized carbons (Fsp3) is 0.200. The number of carbonyl (C=O) groups excluding carboxylic acids is 1. The Morgan fingerprint density at radius 2 is 2.12 bits per heavy atom. The minimum absolute atomic E-state index is 0.163. The van der Waals surface area contributed by atoms with Gasteiger partial charge in [0.15, 0.2) is 0 Å². The molecule has 0 saturated carbocycles. The fourth-order valence-electron chi connectivity index (χ4n) is 2.85. The van der Waals surface area contributed by atoms with Crippen LogP contribution in [0.5, 0.6) is 5.75 Å². The lowest BCUT2D eigenvalue weighted by Gasteiger charge is -2.15. The third kappa shape index (κ3) is 3.40. The number of methoxy groups -OCH3 is 1. The summed E-state index contributed by atoms with van der Waals surface area (Å²) in [5, 5.41) is 3.01. The molecule has 0 spiro atoms. The molecule has 3 aromatic rings. The summed E-state index contributed by atoms with van der Waals surface area (Å²) < 4.78 is 7.25. The van der Waals surface area contributed by atoms with Gasteiger partial charge in [0.05, 0.1) is 24.2 Å². The highest BCUT2D eigenvalue weighted by Crippen LogP contribution is 2.21. The van der Waals surface area contributed by atoms with E-state index >= 15 is 0 Å². The molecule has 0 saturated heterocycles. The van der Waals surface area contributed by atoms with Crippen molar-refractivity contribution in [3.63, 3.8) is 0 Å². The number of nitrogens with one attached hydrogen (secondary N) is 1. The number of amides is 1. The molecule has 1 aromatic heterocycles. The number of carbonyl (C=O) groups is 1. The first-order valence-corrected chi connectivity index (χ1v) is 8.15. The van der Waals surface area contributed by atoms with Gasteiger partial charge in [-0.1, -0.05) is 24.3 Å². The molecule has 5 nitrogen and oxygen atoms in total. The Balaban J connectivity index is 1.88. The maximum atomic E-state index is 12.6. The molecule has 128 valence electrons. The van der Waals surface area contributed by atoms with E-state index in [4.69, 9.17) is 4.74 Å².